The minimum absolute atomic E-state index is 0.0163. The predicted octanol–water partition coefficient (Wildman–Crippen LogP) is 2.65. The van der Waals surface area contributed by atoms with E-state index in [9.17, 15) is 14.7 Å². The minimum atomic E-state index is -1.26. The molecule has 0 aliphatic rings. The van der Waals surface area contributed by atoms with Crippen molar-refractivity contribution in [2.45, 2.75) is 39.3 Å². The van der Waals surface area contributed by atoms with Gasteiger partial charge in [-0.15, -0.1) is 0 Å². The molecule has 28 heavy (non-hydrogen) atoms. The standard InChI is InChI=1S/C15H23BrN2O2.C4H4O4/c1-11(12-5-7-13(16)8-6-12)18-20-10-14(19)9-17-15(2,3)4;5-3(6)1-2-4(7)8/h5-8,14,17,19H,9-10H2,1-4H3;1-2H,(H,5,6)(H,7,8)/b18-11+;2-1-. The highest BCUT2D eigenvalue weighted by Gasteiger charge is 2.12. The molecule has 0 amide bonds. The lowest BCUT2D eigenvalue weighted by Gasteiger charge is -2.22. The zero-order chi connectivity index (χ0) is 21.7. The molecule has 156 valence electrons. The molecule has 1 rings (SSSR count). The molecule has 4 N–H and O–H groups in total. The maximum absolute atomic E-state index is 9.77. The number of aliphatic carboxylic acids is 2. The van der Waals surface area contributed by atoms with Crippen LogP contribution in [0.4, 0.5) is 0 Å². The number of β-amino-alcohol motifs (C(OH)–C–C–N with tert-alkyl or cyclic N) is 1. The van der Waals surface area contributed by atoms with Gasteiger partial charge in [0.2, 0.25) is 0 Å². The number of aliphatic hydroxyl groups excluding tert-OH is 1. The summed E-state index contributed by atoms with van der Waals surface area (Å²) < 4.78 is 1.03. The third-order valence-corrected chi connectivity index (χ3v) is 3.50. The molecular weight excluding hydrogens is 432 g/mol. The molecular formula is C19H27BrN2O6. The van der Waals surface area contributed by atoms with Crippen molar-refractivity contribution in [2.75, 3.05) is 13.2 Å². The molecule has 0 spiro atoms. The average molecular weight is 459 g/mol. The van der Waals surface area contributed by atoms with Gasteiger partial charge in [0, 0.05) is 28.7 Å². The van der Waals surface area contributed by atoms with Crippen molar-refractivity contribution in [1.82, 2.24) is 5.32 Å². The first kappa shape index (κ1) is 25.8. The smallest absolute Gasteiger partial charge is 0.328 e. The number of carboxylic acid groups (broad SMARTS) is 2. The van der Waals surface area contributed by atoms with Crippen LogP contribution < -0.4 is 5.32 Å². The van der Waals surface area contributed by atoms with Crippen molar-refractivity contribution < 1.29 is 29.7 Å². The lowest BCUT2D eigenvalue weighted by Crippen LogP contribution is -2.42. The second-order valence-corrected chi connectivity index (χ2v) is 7.69. The fraction of sp³-hybridized carbons (Fsp3) is 0.421. The predicted molar refractivity (Wildman–Crippen MR) is 110 cm³/mol. The molecule has 1 unspecified atom stereocenters. The van der Waals surface area contributed by atoms with Crippen LogP contribution in [0, 0.1) is 0 Å². The summed E-state index contributed by atoms with van der Waals surface area (Å²) in [5, 5.41) is 32.6. The first-order valence-corrected chi connectivity index (χ1v) is 9.19. The van der Waals surface area contributed by atoms with Crippen LogP contribution in [-0.4, -0.2) is 57.8 Å². The topological polar surface area (TPSA) is 128 Å². The first-order valence-electron chi connectivity index (χ1n) is 8.40. The summed E-state index contributed by atoms with van der Waals surface area (Å²) in [7, 11) is 0. The van der Waals surface area contributed by atoms with Crippen molar-refractivity contribution in [3.63, 3.8) is 0 Å². The Balaban J connectivity index is 0.000000769. The SMILES string of the molecule is C/C(=N\OCC(O)CNC(C)(C)C)c1ccc(Br)cc1.O=C(O)/C=C\C(=O)O. The van der Waals surface area contributed by atoms with E-state index < -0.39 is 18.0 Å². The van der Waals surface area contributed by atoms with Crippen LogP contribution in [-0.2, 0) is 14.4 Å². The minimum Gasteiger partial charge on any atom is -0.478 e. The Bertz CT molecular complexity index is 665. The van der Waals surface area contributed by atoms with Crippen LogP contribution in [0.1, 0.15) is 33.3 Å². The Hall–Kier alpha value is -2.23. The van der Waals surface area contributed by atoms with E-state index in [4.69, 9.17) is 15.1 Å². The highest BCUT2D eigenvalue weighted by molar-refractivity contribution is 9.10. The molecule has 0 fully saturated rings. The van der Waals surface area contributed by atoms with Gasteiger partial charge in [0.1, 0.15) is 12.7 Å². The summed E-state index contributed by atoms with van der Waals surface area (Å²) in [4.78, 5) is 24.3. The largest absolute Gasteiger partial charge is 0.478 e. The van der Waals surface area contributed by atoms with Gasteiger partial charge >= 0.3 is 11.9 Å². The van der Waals surface area contributed by atoms with Gasteiger partial charge in [-0.2, -0.15) is 0 Å². The van der Waals surface area contributed by atoms with Crippen LogP contribution in [0.15, 0.2) is 46.0 Å². The van der Waals surface area contributed by atoms with E-state index in [0.29, 0.717) is 18.7 Å². The zero-order valence-corrected chi connectivity index (χ0v) is 17.9. The van der Waals surface area contributed by atoms with Crippen LogP contribution in [0.3, 0.4) is 0 Å². The number of carbonyl (C=O) groups is 2. The van der Waals surface area contributed by atoms with E-state index >= 15 is 0 Å². The van der Waals surface area contributed by atoms with Crippen molar-refractivity contribution >= 4 is 33.6 Å². The number of halogens is 1. The van der Waals surface area contributed by atoms with Crippen molar-refractivity contribution in [2.24, 2.45) is 5.16 Å². The maximum Gasteiger partial charge on any atom is 0.328 e. The van der Waals surface area contributed by atoms with E-state index in [-0.39, 0.29) is 12.1 Å². The normalized spacial score (nSPS) is 12.9. The second kappa shape index (κ2) is 13.0. The lowest BCUT2D eigenvalue weighted by molar-refractivity contribution is -0.134. The van der Waals surface area contributed by atoms with Crippen LogP contribution >= 0.6 is 15.9 Å². The number of nitrogens with one attached hydrogen (secondary N) is 1. The number of oxime groups is 1. The Kier molecular flexibility index (Phi) is 12.0. The second-order valence-electron chi connectivity index (χ2n) is 6.77. The van der Waals surface area contributed by atoms with E-state index in [2.05, 4.69) is 47.2 Å². The highest BCUT2D eigenvalue weighted by atomic mass is 79.9. The molecule has 0 aliphatic carbocycles. The van der Waals surface area contributed by atoms with Gasteiger partial charge in [-0.1, -0.05) is 33.2 Å². The Morgan fingerprint density at radius 3 is 2.11 bits per heavy atom. The summed E-state index contributed by atoms with van der Waals surface area (Å²) in [6.45, 7) is 8.69. The van der Waals surface area contributed by atoms with Gasteiger partial charge < -0.3 is 25.5 Å². The Labute approximate surface area is 173 Å². The summed E-state index contributed by atoms with van der Waals surface area (Å²) in [6, 6.07) is 7.83. The molecule has 0 saturated heterocycles. The third-order valence-electron chi connectivity index (χ3n) is 2.97. The molecule has 0 aromatic heterocycles. The first-order chi connectivity index (χ1) is 12.9. The van der Waals surface area contributed by atoms with Crippen molar-refractivity contribution in [1.29, 1.82) is 0 Å². The van der Waals surface area contributed by atoms with E-state index in [1.54, 1.807) is 0 Å². The fourth-order valence-corrected chi connectivity index (χ4v) is 1.85. The maximum atomic E-state index is 9.77. The molecule has 0 heterocycles. The van der Waals surface area contributed by atoms with E-state index in [1.807, 2.05) is 31.2 Å². The van der Waals surface area contributed by atoms with Gasteiger partial charge in [0.15, 0.2) is 0 Å². The summed E-state index contributed by atoms with van der Waals surface area (Å²) in [5.41, 5.74) is 1.77. The van der Waals surface area contributed by atoms with Gasteiger partial charge in [0.25, 0.3) is 0 Å². The molecule has 1 aromatic rings. The van der Waals surface area contributed by atoms with Gasteiger partial charge in [0.05, 0.1) is 5.71 Å². The third kappa shape index (κ3) is 14.9. The fourth-order valence-electron chi connectivity index (χ4n) is 1.59. The Morgan fingerprint density at radius 1 is 1.18 bits per heavy atom. The van der Waals surface area contributed by atoms with E-state index in [1.165, 1.54) is 0 Å². The summed E-state index contributed by atoms with van der Waals surface area (Å²) in [5.74, 6) is -2.51. The molecule has 8 nitrogen and oxygen atoms in total. The number of nitrogens with zero attached hydrogens (tertiary/aromatic N) is 1. The average Bonchev–Trinajstić information content (AvgIpc) is 2.58. The highest BCUT2D eigenvalue weighted by Crippen LogP contribution is 2.11. The molecule has 9 heteroatoms. The lowest BCUT2D eigenvalue weighted by atomic mass is 10.1. The monoisotopic (exact) mass is 458 g/mol. The zero-order valence-electron chi connectivity index (χ0n) is 16.3. The molecule has 0 saturated carbocycles. The number of benzene rings is 1. The molecule has 0 bridgehead atoms. The van der Waals surface area contributed by atoms with Gasteiger partial charge in [-0.3, -0.25) is 0 Å². The van der Waals surface area contributed by atoms with Gasteiger partial charge in [-0.05, 0) is 45.4 Å². The number of carboxylic acids is 2. The molecule has 0 radical (unpaired) electrons. The van der Waals surface area contributed by atoms with Crippen molar-refractivity contribution in [3.05, 3.63) is 46.5 Å². The number of rotatable bonds is 8. The molecule has 1 aromatic carbocycles. The van der Waals surface area contributed by atoms with Crippen LogP contribution in [0.25, 0.3) is 0 Å². The summed E-state index contributed by atoms with van der Waals surface area (Å²) >= 11 is 3.39. The van der Waals surface area contributed by atoms with Crippen molar-refractivity contribution in [3.8, 4) is 0 Å². The quantitative estimate of drug-likeness (QED) is 0.267. The summed E-state index contributed by atoms with van der Waals surface area (Å²) in [6.07, 6.45) is 0.542. The number of hydrogen-bond acceptors (Lipinski definition) is 6. The molecule has 1 atom stereocenters. The number of hydrogen-bond donors (Lipinski definition) is 4. The van der Waals surface area contributed by atoms with E-state index in [0.717, 1.165) is 15.7 Å². The number of aliphatic hydroxyl groups is 1. The van der Waals surface area contributed by atoms with Crippen LogP contribution in [0.5, 0.6) is 0 Å². The van der Waals surface area contributed by atoms with Crippen LogP contribution in [0.2, 0.25) is 0 Å². The van der Waals surface area contributed by atoms with Gasteiger partial charge in [-0.25, -0.2) is 9.59 Å². The molecule has 0 aliphatic heterocycles. The Morgan fingerprint density at radius 2 is 1.68 bits per heavy atom.